The van der Waals surface area contributed by atoms with Crippen molar-refractivity contribution in [2.24, 2.45) is 23.7 Å². The van der Waals surface area contributed by atoms with Crippen LogP contribution in [-0.4, -0.2) is 37.6 Å². The standard InChI is InChI=1S/C41H84O3/c1-7-8-9-10-11-12-13-14-15-16-17-18-19-20-21-22-33-44-41(35-42)36-43-34-32-40(6)31-25-30-39(5)29-24-28-38(4)27-23-26-37(2)3/h37-42H,7-36H2,1-6H3. The second-order valence-electron chi connectivity index (χ2n) is 15.3. The van der Waals surface area contributed by atoms with Crippen molar-refractivity contribution in [3.63, 3.8) is 0 Å². The van der Waals surface area contributed by atoms with Crippen LogP contribution in [0, 0.1) is 23.7 Å². The van der Waals surface area contributed by atoms with E-state index in [-0.39, 0.29) is 12.7 Å². The number of hydrogen-bond acceptors (Lipinski definition) is 3. The molecule has 3 nitrogen and oxygen atoms in total. The predicted molar refractivity (Wildman–Crippen MR) is 196 cm³/mol. The molecule has 3 heteroatoms. The average Bonchev–Trinajstić information content (AvgIpc) is 2.99. The Kier molecular flexibility index (Phi) is 34.1. The Bertz CT molecular complexity index is 536. The molecule has 0 fully saturated rings. The molecule has 0 aliphatic carbocycles. The summed E-state index contributed by atoms with van der Waals surface area (Å²) in [5.74, 6) is 3.32. The van der Waals surface area contributed by atoms with Crippen LogP contribution in [0.2, 0.25) is 0 Å². The number of hydrogen-bond donors (Lipinski definition) is 1. The first-order valence-corrected chi connectivity index (χ1v) is 20.2. The molecule has 44 heavy (non-hydrogen) atoms. The number of unbranched alkanes of at least 4 members (excludes halogenated alkanes) is 15. The third-order valence-corrected chi connectivity index (χ3v) is 9.88. The van der Waals surface area contributed by atoms with Gasteiger partial charge in [-0.05, 0) is 36.5 Å². The fourth-order valence-electron chi connectivity index (χ4n) is 6.49. The summed E-state index contributed by atoms with van der Waals surface area (Å²) in [5.41, 5.74) is 0. The predicted octanol–water partition coefficient (Wildman–Crippen LogP) is 13.1. The summed E-state index contributed by atoms with van der Waals surface area (Å²) in [5, 5.41) is 9.68. The maximum Gasteiger partial charge on any atom is 0.104 e. The quantitative estimate of drug-likeness (QED) is 0.0705. The molecule has 266 valence electrons. The average molecular weight is 625 g/mol. The van der Waals surface area contributed by atoms with E-state index >= 15 is 0 Å². The summed E-state index contributed by atoms with van der Waals surface area (Å²) < 4.78 is 11.8. The Balaban J connectivity index is 3.51. The van der Waals surface area contributed by atoms with Gasteiger partial charge >= 0.3 is 0 Å². The molecule has 0 rings (SSSR count). The minimum Gasteiger partial charge on any atom is -0.394 e. The van der Waals surface area contributed by atoms with Crippen molar-refractivity contribution in [1.82, 2.24) is 0 Å². The van der Waals surface area contributed by atoms with Crippen molar-refractivity contribution < 1.29 is 14.6 Å². The van der Waals surface area contributed by atoms with Gasteiger partial charge in [-0.15, -0.1) is 0 Å². The second kappa shape index (κ2) is 34.2. The molecule has 0 radical (unpaired) electrons. The first-order valence-electron chi connectivity index (χ1n) is 20.2. The minimum absolute atomic E-state index is 0.0586. The number of ether oxygens (including phenoxy) is 2. The molecular formula is C41H84O3. The minimum atomic E-state index is -0.166. The summed E-state index contributed by atoms with van der Waals surface area (Å²) in [7, 11) is 0. The van der Waals surface area contributed by atoms with E-state index in [1.165, 1.54) is 154 Å². The van der Waals surface area contributed by atoms with E-state index in [2.05, 4.69) is 41.5 Å². The molecule has 0 aliphatic rings. The van der Waals surface area contributed by atoms with Gasteiger partial charge in [-0.3, -0.25) is 0 Å². The third-order valence-electron chi connectivity index (χ3n) is 9.88. The lowest BCUT2D eigenvalue weighted by molar-refractivity contribution is -0.0449. The molecular weight excluding hydrogens is 540 g/mol. The Morgan fingerprint density at radius 3 is 1.23 bits per heavy atom. The topological polar surface area (TPSA) is 38.7 Å². The molecule has 1 N–H and O–H groups in total. The third kappa shape index (κ3) is 33.2. The number of aliphatic hydroxyl groups is 1. The van der Waals surface area contributed by atoms with E-state index in [4.69, 9.17) is 9.47 Å². The highest BCUT2D eigenvalue weighted by Crippen LogP contribution is 2.23. The highest BCUT2D eigenvalue weighted by Gasteiger charge is 2.10. The maximum atomic E-state index is 9.68. The van der Waals surface area contributed by atoms with Gasteiger partial charge in [-0.1, -0.05) is 196 Å². The van der Waals surface area contributed by atoms with Crippen LogP contribution in [0.25, 0.3) is 0 Å². The van der Waals surface area contributed by atoms with Crippen LogP contribution in [0.3, 0.4) is 0 Å². The monoisotopic (exact) mass is 625 g/mol. The van der Waals surface area contributed by atoms with Crippen molar-refractivity contribution in [2.75, 3.05) is 26.4 Å². The molecule has 0 bridgehead atoms. The number of aliphatic hydroxyl groups excluding tert-OH is 1. The molecule has 0 aromatic rings. The number of rotatable bonds is 36. The van der Waals surface area contributed by atoms with Crippen LogP contribution >= 0.6 is 0 Å². The molecule has 0 heterocycles. The van der Waals surface area contributed by atoms with Gasteiger partial charge in [0.1, 0.15) is 6.10 Å². The van der Waals surface area contributed by atoms with E-state index in [1.807, 2.05) is 0 Å². The lowest BCUT2D eigenvalue weighted by Gasteiger charge is -2.18. The summed E-state index contributed by atoms with van der Waals surface area (Å²) >= 11 is 0. The summed E-state index contributed by atoms with van der Waals surface area (Å²) in [6.45, 7) is 16.3. The molecule has 0 saturated heterocycles. The molecule has 0 amide bonds. The lowest BCUT2D eigenvalue weighted by Crippen LogP contribution is -2.25. The van der Waals surface area contributed by atoms with E-state index in [1.54, 1.807) is 0 Å². The first-order chi connectivity index (χ1) is 21.4. The molecule has 0 aromatic heterocycles. The van der Waals surface area contributed by atoms with Crippen molar-refractivity contribution in [3.05, 3.63) is 0 Å². The smallest absolute Gasteiger partial charge is 0.104 e. The van der Waals surface area contributed by atoms with Crippen LogP contribution in [0.1, 0.15) is 208 Å². The highest BCUT2D eigenvalue weighted by atomic mass is 16.5. The summed E-state index contributed by atoms with van der Waals surface area (Å²) in [6, 6.07) is 0. The largest absolute Gasteiger partial charge is 0.394 e. The van der Waals surface area contributed by atoms with Crippen molar-refractivity contribution in [2.45, 2.75) is 215 Å². The van der Waals surface area contributed by atoms with E-state index in [9.17, 15) is 5.11 Å². The molecule has 4 unspecified atom stereocenters. The molecule has 0 aliphatic heterocycles. The van der Waals surface area contributed by atoms with Crippen LogP contribution < -0.4 is 0 Å². The molecule has 4 atom stereocenters. The fraction of sp³-hybridized carbons (Fsp3) is 1.00. The van der Waals surface area contributed by atoms with E-state index in [0.717, 1.165) is 43.8 Å². The highest BCUT2D eigenvalue weighted by molar-refractivity contribution is 4.62. The van der Waals surface area contributed by atoms with Gasteiger partial charge in [0, 0.05) is 13.2 Å². The lowest BCUT2D eigenvalue weighted by atomic mass is 9.91. The summed E-state index contributed by atoms with van der Waals surface area (Å²) in [6.07, 6.45) is 35.5. The van der Waals surface area contributed by atoms with Crippen LogP contribution in [0.5, 0.6) is 0 Å². The van der Waals surface area contributed by atoms with Gasteiger partial charge in [-0.2, -0.15) is 0 Å². The van der Waals surface area contributed by atoms with E-state index < -0.39 is 0 Å². The molecule has 0 saturated carbocycles. The van der Waals surface area contributed by atoms with Crippen LogP contribution in [0.15, 0.2) is 0 Å². The zero-order chi connectivity index (χ0) is 32.5. The van der Waals surface area contributed by atoms with Gasteiger partial charge in [0.15, 0.2) is 0 Å². The maximum absolute atomic E-state index is 9.68. The van der Waals surface area contributed by atoms with Crippen LogP contribution in [-0.2, 0) is 9.47 Å². The fourth-order valence-corrected chi connectivity index (χ4v) is 6.49. The zero-order valence-electron chi connectivity index (χ0n) is 31.4. The Hall–Kier alpha value is -0.120. The Labute approximate surface area is 278 Å². The molecule has 0 aromatic carbocycles. The van der Waals surface area contributed by atoms with Gasteiger partial charge in [0.05, 0.1) is 13.2 Å². The normalized spacial score (nSPS) is 14.7. The summed E-state index contributed by atoms with van der Waals surface area (Å²) in [4.78, 5) is 0. The molecule has 0 spiro atoms. The van der Waals surface area contributed by atoms with Gasteiger partial charge in [0.25, 0.3) is 0 Å². The zero-order valence-corrected chi connectivity index (χ0v) is 31.4. The van der Waals surface area contributed by atoms with Gasteiger partial charge < -0.3 is 14.6 Å². The van der Waals surface area contributed by atoms with Crippen LogP contribution in [0.4, 0.5) is 0 Å². The van der Waals surface area contributed by atoms with Gasteiger partial charge in [-0.25, -0.2) is 0 Å². The van der Waals surface area contributed by atoms with Crippen molar-refractivity contribution >= 4 is 0 Å². The van der Waals surface area contributed by atoms with E-state index in [0.29, 0.717) is 12.5 Å². The second-order valence-corrected chi connectivity index (χ2v) is 15.3. The van der Waals surface area contributed by atoms with Crippen molar-refractivity contribution in [3.8, 4) is 0 Å². The Morgan fingerprint density at radius 2 is 0.818 bits per heavy atom. The Morgan fingerprint density at radius 1 is 0.432 bits per heavy atom. The first kappa shape index (κ1) is 43.9. The SMILES string of the molecule is CCCCCCCCCCCCCCCCCCOC(CO)COCCC(C)CCCC(C)CCCC(C)CCCC(C)C. The van der Waals surface area contributed by atoms with Gasteiger partial charge in [0.2, 0.25) is 0 Å². The van der Waals surface area contributed by atoms with Crippen molar-refractivity contribution in [1.29, 1.82) is 0 Å².